The van der Waals surface area contributed by atoms with Crippen LogP contribution in [0, 0.1) is 6.92 Å². The molecule has 0 unspecified atom stereocenters. The summed E-state index contributed by atoms with van der Waals surface area (Å²) in [6, 6.07) is 8.07. The standard InChI is InChI=1S/C22H34N2OS2/c1-6-7-8-9-10-14-19-17(2)21(25)18-13-11-12-15-20(18)24(19)16-23(3)22(26-4)27-5/h11-13,15,22H,6-10,14,16H2,1-5H3. The largest absolute Gasteiger partial charge is 0.331 e. The second kappa shape index (κ2) is 11.2. The van der Waals surface area contributed by atoms with E-state index in [2.05, 4.69) is 42.0 Å². The molecule has 1 heterocycles. The van der Waals surface area contributed by atoms with Crippen LogP contribution in [0.3, 0.4) is 0 Å². The number of hydrogen-bond donors (Lipinski definition) is 0. The number of pyridine rings is 1. The summed E-state index contributed by atoms with van der Waals surface area (Å²) in [6.07, 6.45) is 11.5. The van der Waals surface area contributed by atoms with E-state index in [4.69, 9.17) is 0 Å². The van der Waals surface area contributed by atoms with Crippen molar-refractivity contribution in [3.05, 3.63) is 45.7 Å². The summed E-state index contributed by atoms with van der Waals surface area (Å²) < 4.78 is 2.78. The zero-order chi connectivity index (χ0) is 19.8. The first-order valence-corrected chi connectivity index (χ1v) is 12.5. The van der Waals surface area contributed by atoms with Crippen molar-refractivity contribution in [3.8, 4) is 0 Å². The summed E-state index contributed by atoms with van der Waals surface area (Å²) in [5, 5.41) is 0.836. The van der Waals surface area contributed by atoms with Crippen LogP contribution in [0.15, 0.2) is 29.1 Å². The van der Waals surface area contributed by atoms with Gasteiger partial charge in [-0.3, -0.25) is 9.69 Å². The molecule has 0 N–H and O–H groups in total. The predicted molar refractivity (Wildman–Crippen MR) is 124 cm³/mol. The molecule has 5 heteroatoms. The lowest BCUT2D eigenvalue weighted by atomic mass is 10.0. The molecule has 0 aliphatic carbocycles. The van der Waals surface area contributed by atoms with Gasteiger partial charge in [-0.1, -0.05) is 44.7 Å². The molecule has 0 bridgehead atoms. The van der Waals surface area contributed by atoms with E-state index in [0.29, 0.717) is 4.71 Å². The molecule has 0 radical (unpaired) electrons. The molecule has 0 aliphatic heterocycles. The van der Waals surface area contributed by atoms with Crippen molar-refractivity contribution >= 4 is 34.4 Å². The Kier molecular flexibility index (Phi) is 9.27. The summed E-state index contributed by atoms with van der Waals surface area (Å²) in [6.45, 7) is 5.06. The van der Waals surface area contributed by atoms with Crippen molar-refractivity contribution in [1.29, 1.82) is 0 Å². The number of unbranched alkanes of at least 4 members (excludes halogenated alkanes) is 4. The van der Waals surface area contributed by atoms with E-state index in [0.717, 1.165) is 36.0 Å². The second-order valence-electron chi connectivity index (χ2n) is 7.19. The van der Waals surface area contributed by atoms with Crippen molar-refractivity contribution in [1.82, 2.24) is 9.47 Å². The fraction of sp³-hybridized carbons (Fsp3) is 0.591. The number of fused-ring (bicyclic) bond motifs is 1. The molecule has 150 valence electrons. The maximum atomic E-state index is 12.9. The molecular weight excluding hydrogens is 372 g/mol. The third-order valence-corrected chi connectivity index (χ3v) is 7.86. The number of thioether (sulfide) groups is 2. The molecule has 0 saturated heterocycles. The van der Waals surface area contributed by atoms with Gasteiger partial charge in [0.1, 0.15) is 4.71 Å². The highest BCUT2D eigenvalue weighted by Gasteiger charge is 2.18. The van der Waals surface area contributed by atoms with Crippen LogP contribution >= 0.6 is 23.5 Å². The SMILES string of the molecule is CCCCCCCc1c(C)c(=O)c2ccccc2n1CN(C)C(SC)SC. The highest BCUT2D eigenvalue weighted by atomic mass is 32.2. The van der Waals surface area contributed by atoms with Crippen molar-refractivity contribution in [3.63, 3.8) is 0 Å². The maximum Gasteiger partial charge on any atom is 0.192 e. The van der Waals surface area contributed by atoms with Crippen molar-refractivity contribution in [2.45, 2.75) is 63.7 Å². The molecule has 27 heavy (non-hydrogen) atoms. The van der Waals surface area contributed by atoms with Crippen LogP contribution in [0.25, 0.3) is 10.9 Å². The Morgan fingerprint density at radius 2 is 1.74 bits per heavy atom. The Bertz CT molecular complexity index is 784. The third-order valence-electron chi connectivity index (χ3n) is 5.18. The van der Waals surface area contributed by atoms with Crippen LogP contribution in [0.4, 0.5) is 0 Å². The second-order valence-corrected chi connectivity index (χ2v) is 9.32. The number of hydrogen-bond acceptors (Lipinski definition) is 4. The first-order valence-electron chi connectivity index (χ1n) is 9.92. The van der Waals surface area contributed by atoms with Gasteiger partial charge in [0.15, 0.2) is 5.43 Å². The zero-order valence-corrected chi connectivity index (χ0v) is 19.1. The Balaban J connectivity index is 2.42. The molecule has 0 atom stereocenters. The summed E-state index contributed by atoms with van der Waals surface area (Å²) in [4.78, 5) is 15.3. The average molecular weight is 407 g/mol. The molecule has 0 amide bonds. The van der Waals surface area contributed by atoms with E-state index in [9.17, 15) is 4.79 Å². The molecule has 0 fully saturated rings. The first kappa shape index (κ1) is 22.4. The van der Waals surface area contributed by atoms with Gasteiger partial charge in [-0.25, -0.2) is 0 Å². The molecule has 1 aromatic heterocycles. The number of rotatable bonds is 11. The summed E-state index contributed by atoms with van der Waals surface area (Å²) >= 11 is 3.71. The Labute approximate surface area is 172 Å². The third kappa shape index (κ3) is 5.55. The van der Waals surface area contributed by atoms with Gasteiger partial charge in [0.2, 0.25) is 0 Å². The lowest BCUT2D eigenvalue weighted by molar-refractivity contribution is 0.297. The molecule has 2 rings (SSSR count). The van der Waals surface area contributed by atoms with Crippen LogP contribution in [0.1, 0.15) is 50.3 Å². The lowest BCUT2D eigenvalue weighted by Gasteiger charge is -2.29. The first-order chi connectivity index (χ1) is 13.0. The molecule has 3 nitrogen and oxygen atoms in total. The molecule has 0 spiro atoms. The highest BCUT2D eigenvalue weighted by molar-refractivity contribution is 8.16. The molecular formula is C22H34N2OS2. The van der Waals surface area contributed by atoms with Gasteiger partial charge in [-0.2, -0.15) is 0 Å². The number of benzene rings is 1. The van der Waals surface area contributed by atoms with Gasteiger partial charge in [-0.05, 0) is 51.5 Å². The van der Waals surface area contributed by atoms with Gasteiger partial charge in [0, 0.05) is 16.6 Å². The topological polar surface area (TPSA) is 25.2 Å². The fourth-order valence-corrected chi connectivity index (χ4v) is 5.33. The minimum atomic E-state index is 0.194. The van der Waals surface area contributed by atoms with Crippen molar-refractivity contribution in [2.24, 2.45) is 0 Å². The van der Waals surface area contributed by atoms with E-state index < -0.39 is 0 Å². The number of para-hydroxylation sites is 1. The Morgan fingerprint density at radius 1 is 1.07 bits per heavy atom. The van der Waals surface area contributed by atoms with Gasteiger partial charge in [0.25, 0.3) is 0 Å². The predicted octanol–water partition coefficient (Wildman–Crippen LogP) is 5.72. The Hall–Kier alpha value is -0.910. The average Bonchev–Trinajstić information content (AvgIpc) is 2.68. The number of nitrogens with zero attached hydrogens (tertiary/aromatic N) is 2. The number of aromatic nitrogens is 1. The van der Waals surface area contributed by atoms with Crippen molar-refractivity contribution < 1.29 is 0 Å². The van der Waals surface area contributed by atoms with Crippen molar-refractivity contribution in [2.75, 3.05) is 19.6 Å². The minimum absolute atomic E-state index is 0.194. The lowest BCUT2D eigenvalue weighted by Crippen LogP contribution is -2.31. The van der Waals surface area contributed by atoms with E-state index >= 15 is 0 Å². The molecule has 0 saturated carbocycles. The minimum Gasteiger partial charge on any atom is -0.331 e. The zero-order valence-electron chi connectivity index (χ0n) is 17.5. The summed E-state index contributed by atoms with van der Waals surface area (Å²) in [5.74, 6) is 0. The van der Waals surface area contributed by atoms with Crippen LogP contribution in [0.2, 0.25) is 0 Å². The van der Waals surface area contributed by atoms with Crippen LogP contribution in [0.5, 0.6) is 0 Å². The smallest absolute Gasteiger partial charge is 0.192 e. The molecule has 2 aromatic rings. The quantitative estimate of drug-likeness (QED) is 0.352. The summed E-state index contributed by atoms with van der Waals surface area (Å²) in [7, 11) is 2.17. The van der Waals surface area contributed by atoms with Gasteiger partial charge in [0.05, 0.1) is 12.2 Å². The molecule has 1 aromatic carbocycles. The van der Waals surface area contributed by atoms with Gasteiger partial charge >= 0.3 is 0 Å². The monoisotopic (exact) mass is 406 g/mol. The van der Waals surface area contributed by atoms with E-state index in [1.807, 2.05) is 48.6 Å². The molecule has 0 aliphatic rings. The summed E-state index contributed by atoms with van der Waals surface area (Å²) in [5.41, 5.74) is 3.38. The van der Waals surface area contributed by atoms with E-state index in [-0.39, 0.29) is 5.43 Å². The van der Waals surface area contributed by atoms with Gasteiger partial charge < -0.3 is 4.57 Å². The van der Waals surface area contributed by atoms with Gasteiger partial charge in [-0.15, -0.1) is 23.5 Å². The van der Waals surface area contributed by atoms with Crippen LogP contribution in [-0.2, 0) is 13.1 Å². The van der Waals surface area contributed by atoms with E-state index in [1.54, 1.807) is 0 Å². The van der Waals surface area contributed by atoms with E-state index in [1.165, 1.54) is 31.4 Å². The highest BCUT2D eigenvalue weighted by Crippen LogP contribution is 2.25. The van der Waals surface area contributed by atoms with Crippen LogP contribution < -0.4 is 5.43 Å². The van der Waals surface area contributed by atoms with Crippen LogP contribution in [-0.4, -0.2) is 33.7 Å². The normalized spacial score (nSPS) is 11.8. The fourth-order valence-electron chi connectivity index (χ4n) is 3.71. The maximum absolute atomic E-state index is 12.9. The Morgan fingerprint density at radius 3 is 2.41 bits per heavy atom.